The van der Waals surface area contributed by atoms with Gasteiger partial charge in [-0.3, -0.25) is 4.79 Å². The van der Waals surface area contributed by atoms with Crippen LogP contribution >= 0.6 is 0 Å². The van der Waals surface area contributed by atoms with Gasteiger partial charge in [-0.05, 0) is 12.1 Å². The first-order valence-corrected chi connectivity index (χ1v) is 5.86. The topological polar surface area (TPSA) is 47.2 Å². The number of halogens is 2. The SMILES string of the molecule is CN(Cc1ccc(F)cc1F)C(=O)c1cccc[n+]1[O-]. The predicted molar refractivity (Wildman–Crippen MR) is 67.6 cm³/mol. The zero-order chi connectivity index (χ0) is 14.7. The van der Waals surface area contributed by atoms with Crippen molar-refractivity contribution in [2.75, 3.05) is 7.05 Å². The molecule has 0 N–H and O–H groups in total. The molecule has 0 aliphatic rings. The minimum Gasteiger partial charge on any atom is -0.618 e. The van der Waals surface area contributed by atoms with E-state index in [-0.39, 0.29) is 17.8 Å². The Labute approximate surface area is 114 Å². The van der Waals surface area contributed by atoms with Gasteiger partial charge in [0.2, 0.25) is 0 Å². The average Bonchev–Trinajstić information content (AvgIpc) is 2.41. The zero-order valence-electron chi connectivity index (χ0n) is 10.7. The Morgan fingerprint density at radius 2 is 2.05 bits per heavy atom. The van der Waals surface area contributed by atoms with Crippen LogP contribution in [0.2, 0.25) is 0 Å². The molecule has 0 atom stereocenters. The second-order valence-electron chi connectivity index (χ2n) is 4.31. The number of carbonyl (C=O) groups is 1. The van der Waals surface area contributed by atoms with Crippen LogP contribution in [0.4, 0.5) is 8.78 Å². The van der Waals surface area contributed by atoms with Crippen LogP contribution in [0.5, 0.6) is 0 Å². The van der Waals surface area contributed by atoms with Crippen molar-refractivity contribution in [3.8, 4) is 0 Å². The van der Waals surface area contributed by atoms with Gasteiger partial charge < -0.3 is 10.1 Å². The van der Waals surface area contributed by atoms with Crippen molar-refractivity contribution >= 4 is 5.91 Å². The summed E-state index contributed by atoms with van der Waals surface area (Å²) in [5, 5.41) is 11.5. The maximum atomic E-state index is 13.5. The molecule has 4 nitrogen and oxygen atoms in total. The highest BCUT2D eigenvalue weighted by Gasteiger charge is 2.20. The number of amides is 1. The molecule has 1 heterocycles. The summed E-state index contributed by atoms with van der Waals surface area (Å²) in [5.74, 6) is -1.95. The van der Waals surface area contributed by atoms with E-state index in [0.29, 0.717) is 4.73 Å². The molecule has 6 heteroatoms. The van der Waals surface area contributed by atoms with Gasteiger partial charge in [-0.25, -0.2) is 8.78 Å². The minimum atomic E-state index is -0.729. The summed E-state index contributed by atoms with van der Waals surface area (Å²) < 4.78 is 26.8. The fourth-order valence-corrected chi connectivity index (χ4v) is 1.77. The molecule has 0 fully saturated rings. The molecule has 1 aromatic carbocycles. The predicted octanol–water partition coefficient (Wildman–Crippen LogP) is 1.87. The number of hydrogen-bond donors (Lipinski definition) is 0. The summed E-state index contributed by atoms with van der Waals surface area (Å²) in [4.78, 5) is 13.3. The lowest BCUT2D eigenvalue weighted by Gasteiger charge is -2.16. The molecule has 2 rings (SSSR count). The smallest absolute Gasteiger partial charge is 0.320 e. The zero-order valence-corrected chi connectivity index (χ0v) is 10.7. The van der Waals surface area contributed by atoms with Gasteiger partial charge in [-0.15, -0.1) is 0 Å². The minimum absolute atomic E-state index is 0.0557. The highest BCUT2D eigenvalue weighted by molar-refractivity contribution is 5.90. The van der Waals surface area contributed by atoms with Crippen molar-refractivity contribution in [2.24, 2.45) is 0 Å². The highest BCUT2D eigenvalue weighted by Crippen LogP contribution is 2.12. The third kappa shape index (κ3) is 2.90. The number of nitrogens with zero attached hydrogens (tertiary/aromatic N) is 2. The standard InChI is InChI=1S/C14H12F2N2O2/c1-17(9-10-5-6-11(15)8-12(10)16)14(19)13-4-2-3-7-18(13)20/h2-8H,9H2,1H3. The molecular weight excluding hydrogens is 266 g/mol. The Hall–Kier alpha value is -2.50. The van der Waals surface area contributed by atoms with E-state index in [1.165, 1.54) is 36.3 Å². The van der Waals surface area contributed by atoms with E-state index in [1.54, 1.807) is 6.07 Å². The molecular formula is C14H12F2N2O2. The Balaban J connectivity index is 2.18. The second-order valence-corrected chi connectivity index (χ2v) is 4.31. The van der Waals surface area contributed by atoms with Crippen LogP contribution in [0.1, 0.15) is 16.1 Å². The Morgan fingerprint density at radius 3 is 2.70 bits per heavy atom. The van der Waals surface area contributed by atoms with Gasteiger partial charge in [0.25, 0.3) is 5.69 Å². The Morgan fingerprint density at radius 1 is 1.30 bits per heavy atom. The van der Waals surface area contributed by atoms with Crippen molar-refractivity contribution in [3.63, 3.8) is 0 Å². The molecule has 0 radical (unpaired) electrons. The van der Waals surface area contributed by atoms with Crippen LogP contribution < -0.4 is 4.73 Å². The lowest BCUT2D eigenvalue weighted by molar-refractivity contribution is -0.608. The third-order valence-electron chi connectivity index (χ3n) is 2.81. The quantitative estimate of drug-likeness (QED) is 0.635. The molecule has 104 valence electrons. The molecule has 0 aliphatic heterocycles. The van der Waals surface area contributed by atoms with Crippen molar-refractivity contribution in [2.45, 2.75) is 6.54 Å². The monoisotopic (exact) mass is 278 g/mol. The maximum absolute atomic E-state index is 13.5. The van der Waals surface area contributed by atoms with E-state index >= 15 is 0 Å². The molecule has 0 bridgehead atoms. The van der Waals surface area contributed by atoms with Crippen molar-refractivity contribution in [3.05, 3.63) is 70.7 Å². The Bertz CT molecular complexity index is 647. The maximum Gasteiger partial charge on any atom is 0.320 e. The van der Waals surface area contributed by atoms with Crippen molar-refractivity contribution < 1.29 is 18.3 Å². The number of pyridine rings is 1. The molecule has 0 spiro atoms. The lowest BCUT2D eigenvalue weighted by atomic mass is 10.2. The molecule has 0 unspecified atom stereocenters. The number of aromatic nitrogens is 1. The van der Waals surface area contributed by atoms with Gasteiger partial charge in [0.05, 0.1) is 0 Å². The van der Waals surface area contributed by atoms with Gasteiger partial charge >= 0.3 is 5.91 Å². The lowest BCUT2D eigenvalue weighted by Crippen LogP contribution is -2.39. The first-order valence-electron chi connectivity index (χ1n) is 5.86. The number of carbonyl (C=O) groups excluding carboxylic acids is 1. The van der Waals surface area contributed by atoms with Gasteiger partial charge in [-0.1, -0.05) is 6.07 Å². The summed E-state index contributed by atoms with van der Waals surface area (Å²) in [6, 6.07) is 7.59. The molecule has 2 aromatic rings. The van der Waals surface area contributed by atoms with Gasteiger partial charge in [-0.2, -0.15) is 4.73 Å². The van der Waals surface area contributed by atoms with Crippen molar-refractivity contribution in [1.29, 1.82) is 0 Å². The summed E-state index contributed by atoms with van der Waals surface area (Å²) in [6.07, 6.45) is 1.21. The van der Waals surface area contributed by atoms with E-state index in [0.717, 1.165) is 12.1 Å². The number of hydrogen-bond acceptors (Lipinski definition) is 2. The third-order valence-corrected chi connectivity index (χ3v) is 2.81. The summed E-state index contributed by atoms with van der Waals surface area (Å²) in [6.45, 7) is -0.0557. The fraction of sp³-hybridized carbons (Fsp3) is 0.143. The number of benzene rings is 1. The molecule has 1 amide bonds. The van der Waals surface area contributed by atoms with E-state index in [1.807, 2.05) is 0 Å². The van der Waals surface area contributed by atoms with Gasteiger partial charge in [0, 0.05) is 37.4 Å². The van der Waals surface area contributed by atoms with Gasteiger partial charge in [0.15, 0.2) is 6.20 Å². The Kier molecular flexibility index (Phi) is 3.93. The summed E-state index contributed by atoms with van der Waals surface area (Å²) >= 11 is 0. The summed E-state index contributed by atoms with van der Waals surface area (Å²) in [7, 11) is 1.44. The van der Waals surface area contributed by atoms with E-state index in [2.05, 4.69) is 0 Å². The van der Waals surface area contributed by atoms with Crippen LogP contribution in [0.25, 0.3) is 0 Å². The molecule has 20 heavy (non-hydrogen) atoms. The normalized spacial score (nSPS) is 10.3. The number of rotatable bonds is 3. The van der Waals surface area contributed by atoms with E-state index < -0.39 is 17.5 Å². The van der Waals surface area contributed by atoms with Crippen LogP contribution in [-0.4, -0.2) is 17.9 Å². The first-order chi connectivity index (χ1) is 9.49. The molecule has 0 saturated carbocycles. The highest BCUT2D eigenvalue weighted by atomic mass is 19.1. The summed E-state index contributed by atoms with van der Waals surface area (Å²) in [5.41, 5.74) is 0.119. The second kappa shape index (κ2) is 5.64. The van der Waals surface area contributed by atoms with Gasteiger partial charge in [0.1, 0.15) is 11.6 Å². The average molecular weight is 278 g/mol. The first kappa shape index (κ1) is 13.9. The molecule has 0 aliphatic carbocycles. The van der Waals surface area contributed by atoms with Crippen molar-refractivity contribution in [1.82, 2.24) is 4.90 Å². The van der Waals surface area contributed by atoms with Crippen LogP contribution in [0, 0.1) is 16.8 Å². The van der Waals surface area contributed by atoms with Crippen LogP contribution in [-0.2, 0) is 6.54 Å². The largest absolute Gasteiger partial charge is 0.618 e. The van der Waals surface area contributed by atoms with Crippen LogP contribution in [0.15, 0.2) is 42.6 Å². The molecule has 0 saturated heterocycles. The molecule has 1 aromatic heterocycles. The van der Waals surface area contributed by atoms with E-state index in [4.69, 9.17) is 0 Å². The van der Waals surface area contributed by atoms with E-state index in [9.17, 15) is 18.8 Å². The van der Waals surface area contributed by atoms with Crippen LogP contribution in [0.3, 0.4) is 0 Å². The fourth-order valence-electron chi connectivity index (χ4n) is 1.77.